The Morgan fingerprint density at radius 3 is 2.55 bits per heavy atom. The molecular formula is C12H17NO5S2. The van der Waals surface area contributed by atoms with Crippen LogP contribution in [0.25, 0.3) is 0 Å². The van der Waals surface area contributed by atoms with E-state index in [0.717, 1.165) is 25.2 Å². The Morgan fingerprint density at radius 2 is 1.95 bits per heavy atom. The molecule has 1 aromatic rings. The number of ether oxygens (including phenoxy) is 1. The number of hydrogen-bond donors (Lipinski definition) is 1. The van der Waals surface area contributed by atoms with Crippen molar-refractivity contribution in [2.24, 2.45) is 0 Å². The fourth-order valence-corrected chi connectivity index (χ4v) is 3.82. The number of rotatable bonds is 5. The van der Waals surface area contributed by atoms with Crippen LogP contribution in [0.3, 0.4) is 0 Å². The second-order valence-corrected chi connectivity index (χ2v) is 8.52. The fourth-order valence-electron chi connectivity index (χ4n) is 1.96. The van der Waals surface area contributed by atoms with Crippen LogP contribution in [-0.2, 0) is 24.6 Å². The van der Waals surface area contributed by atoms with E-state index >= 15 is 0 Å². The summed E-state index contributed by atoms with van der Waals surface area (Å²) in [7, 11) is -7.16. The third kappa shape index (κ3) is 3.78. The van der Waals surface area contributed by atoms with Crippen molar-refractivity contribution >= 4 is 19.9 Å². The third-order valence-electron chi connectivity index (χ3n) is 3.07. The topological polar surface area (TPSA) is 89.5 Å². The zero-order chi connectivity index (χ0) is 14.8. The predicted molar refractivity (Wildman–Crippen MR) is 73.7 cm³/mol. The van der Waals surface area contributed by atoms with E-state index in [0.29, 0.717) is 6.61 Å². The highest BCUT2D eigenvalue weighted by Gasteiger charge is 2.21. The van der Waals surface area contributed by atoms with Gasteiger partial charge in [-0.25, -0.2) is 21.6 Å². The predicted octanol–water partition coefficient (Wildman–Crippen LogP) is 0.547. The summed E-state index contributed by atoms with van der Waals surface area (Å²) in [5, 5.41) is 0. The molecule has 1 aromatic carbocycles. The van der Waals surface area contributed by atoms with Crippen LogP contribution in [0.15, 0.2) is 34.1 Å². The van der Waals surface area contributed by atoms with Crippen LogP contribution in [0, 0.1) is 0 Å². The van der Waals surface area contributed by atoms with Crippen molar-refractivity contribution < 1.29 is 21.6 Å². The zero-order valence-electron chi connectivity index (χ0n) is 11.1. The van der Waals surface area contributed by atoms with Gasteiger partial charge in [0.15, 0.2) is 9.84 Å². The van der Waals surface area contributed by atoms with E-state index < -0.39 is 19.9 Å². The van der Waals surface area contributed by atoms with Crippen molar-refractivity contribution in [3.05, 3.63) is 24.3 Å². The van der Waals surface area contributed by atoms with Crippen molar-refractivity contribution in [2.75, 3.05) is 19.4 Å². The largest absolute Gasteiger partial charge is 0.377 e. The first-order chi connectivity index (χ1) is 9.29. The molecule has 2 rings (SSSR count). The van der Waals surface area contributed by atoms with E-state index in [1.807, 2.05) is 0 Å². The van der Waals surface area contributed by atoms with Crippen molar-refractivity contribution in [2.45, 2.75) is 28.7 Å². The van der Waals surface area contributed by atoms with E-state index in [2.05, 4.69) is 4.72 Å². The SMILES string of the molecule is CS(=O)(=O)c1cccc(S(=O)(=O)NC[C@H]2CCCO2)c1. The maximum absolute atomic E-state index is 12.1. The van der Waals surface area contributed by atoms with Gasteiger partial charge in [0.2, 0.25) is 10.0 Å². The normalized spacial score (nSPS) is 20.1. The van der Waals surface area contributed by atoms with Gasteiger partial charge in [0.25, 0.3) is 0 Å². The fraction of sp³-hybridized carbons (Fsp3) is 0.500. The lowest BCUT2D eigenvalue weighted by Gasteiger charge is -2.11. The summed E-state index contributed by atoms with van der Waals surface area (Å²) in [6.45, 7) is 0.849. The molecule has 1 atom stereocenters. The number of hydrogen-bond acceptors (Lipinski definition) is 5. The van der Waals surface area contributed by atoms with Gasteiger partial charge >= 0.3 is 0 Å². The molecule has 0 saturated carbocycles. The lowest BCUT2D eigenvalue weighted by atomic mass is 10.2. The minimum atomic E-state index is -3.72. The minimum absolute atomic E-state index is 0.0162. The summed E-state index contributed by atoms with van der Waals surface area (Å²) in [6, 6.07) is 5.31. The molecule has 1 heterocycles. The molecule has 112 valence electrons. The molecule has 8 heteroatoms. The molecule has 0 amide bonds. The Kier molecular flexibility index (Phi) is 4.48. The van der Waals surface area contributed by atoms with Crippen LogP contribution in [0.1, 0.15) is 12.8 Å². The molecule has 1 saturated heterocycles. The highest BCUT2D eigenvalue weighted by atomic mass is 32.2. The molecule has 0 aromatic heterocycles. The number of sulfone groups is 1. The molecule has 0 bridgehead atoms. The quantitative estimate of drug-likeness (QED) is 0.856. The summed E-state index contributed by atoms with van der Waals surface area (Å²) in [4.78, 5) is -0.0732. The van der Waals surface area contributed by atoms with E-state index in [1.54, 1.807) is 0 Å². The van der Waals surface area contributed by atoms with Gasteiger partial charge in [0, 0.05) is 19.4 Å². The highest BCUT2D eigenvalue weighted by molar-refractivity contribution is 7.91. The second-order valence-electron chi connectivity index (χ2n) is 4.73. The first-order valence-electron chi connectivity index (χ1n) is 6.20. The van der Waals surface area contributed by atoms with Gasteiger partial charge in [-0.1, -0.05) is 6.07 Å². The summed E-state index contributed by atoms with van der Waals surface area (Å²) in [6.07, 6.45) is 2.68. The molecule has 1 N–H and O–H groups in total. The maximum Gasteiger partial charge on any atom is 0.240 e. The van der Waals surface area contributed by atoms with Gasteiger partial charge in [0.05, 0.1) is 15.9 Å². The Hall–Kier alpha value is -0.960. The first-order valence-corrected chi connectivity index (χ1v) is 9.58. The molecular weight excluding hydrogens is 302 g/mol. The minimum Gasteiger partial charge on any atom is -0.377 e. The van der Waals surface area contributed by atoms with E-state index in [1.165, 1.54) is 18.2 Å². The van der Waals surface area contributed by atoms with Crippen LogP contribution < -0.4 is 4.72 Å². The molecule has 1 aliphatic heterocycles. The van der Waals surface area contributed by atoms with Gasteiger partial charge < -0.3 is 4.74 Å². The maximum atomic E-state index is 12.1. The van der Waals surface area contributed by atoms with Crippen molar-refractivity contribution in [3.8, 4) is 0 Å². The summed E-state index contributed by atoms with van der Waals surface area (Å²) in [5.74, 6) is 0. The van der Waals surface area contributed by atoms with Gasteiger partial charge in [0.1, 0.15) is 0 Å². The number of nitrogens with one attached hydrogen (secondary N) is 1. The van der Waals surface area contributed by atoms with Gasteiger partial charge in [-0.2, -0.15) is 0 Å². The van der Waals surface area contributed by atoms with Gasteiger partial charge in [-0.05, 0) is 31.0 Å². The average molecular weight is 319 g/mol. The Labute approximate surface area is 119 Å². The van der Waals surface area contributed by atoms with Crippen LogP contribution in [0.2, 0.25) is 0 Å². The Balaban J connectivity index is 2.16. The van der Waals surface area contributed by atoms with E-state index in [9.17, 15) is 16.8 Å². The Morgan fingerprint density at radius 1 is 1.25 bits per heavy atom. The summed E-state index contributed by atoms with van der Waals surface area (Å²) < 4.78 is 54.9. The van der Waals surface area contributed by atoms with Crippen LogP contribution in [0.5, 0.6) is 0 Å². The van der Waals surface area contributed by atoms with Gasteiger partial charge in [-0.15, -0.1) is 0 Å². The molecule has 6 nitrogen and oxygen atoms in total. The average Bonchev–Trinajstić information content (AvgIpc) is 2.89. The first kappa shape index (κ1) is 15.4. The highest BCUT2D eigenvalue weighted by Crippen LogP contribution is 2.16. The smallest absolute Gasteiger partial charge is 0.240 e. The summed E-state index contributed by atoms with van der Waals surface area (Å²) >= 11 is 0. The third-order valence-corrected chi connectivity index (χ3v) is 5.60. The van der Waals surface area contributed by atoms with Crippen molar-refractivity contribution in [3.63, 3.8) is 0 Å². The van der Waals surface area contributed by atoms with Crippen LogP contribution in [0.4, 0.5) is 0 Å². The molecule has 0 radical (unpaired) electrons. The monoisotopic (exact) mass is 319 g/mol. The molecule has 1 fully saturated rings. The number of sulfonamides is 1. The second kappa shape index (κ2) is 5.80. The summed E-state index contributed by atoms with van der Waals surface area (Å²) in [5.41, 5.74) is 0. The van der Waals surface area contributed by atoms with Crippen LogP contribution in [-0.4, -0.2) is 42.3 Å². The molecule has 0 unspecified atom stereocenters. The van der Waals surface area contributed by atoms with Crippen molar-refractivity contribution in [1.29, 1.82) is 0 Å². The Bertz CT molecular complexity index is 676. The van der Waals surface area contributed by atoms with Gasteiger partial charge in [-0.3, -0.25) is 0 Å². The lowest BCUT2D eigenvalue weighted by Crippen LogP contribution is -2.31. The van der Waals surface area contributed by atoms with Crippen molar-refractivity contribution in [1.82, 2.24) is 4.72 Å². The number of benzene rings is 1. The lowest BCUT2D eigenvalue weighted by molar-refractivity contribution is 0.114. The standard InChI is InChI=1S/C12H17NO5S2/c1-19(14,15)11-5-2-6-12(8-11)20(16,17)13-9-10-4-3-7-18-10/h2,5-6,8,10,13H,3-4,7,9H2,1H3/t10-/m1/s1. The molecule has 0 spiro atoms. The molecule has 20 heavy (non-hydrogen) atoms. The molecule has 0 aliphatic carbocycles. The van der Waals surface area contributed by atoms with E-state index in [-0.39, 0.29) is 22.4 Å². The van der Waals surface area contributed by atoms with E-state index in [4.69, 9.17) is 4.74 Å². The zero-order valence-corrected chi connectivity index (χ0v) is 12.7. The van der Waals surface area contributed by atoms with Crippen LogP contribution >= 0.6 is 0 Å². The molecule has 1 aliphatic rings.